The Balaban J connectivity index is 1.25. The third kappa shape index (κ3) is 4.14. The Hall–Kier alpha value is -3.16. The van der Waals surface area contributed by atoms with Gasteiger partial charge in [0.1, 0.15) is 23.3 Å². The summed E-state index contributed by atoms with van der Waals surface area (Å²) in [6.45, 7) is 2.33. The standard InChI is InChI=1S/C29H35N3O5/c1-3-24(33)22(12-19-18-10-16(18)11-25(19)34)31-28(35)27-17-7-4-6-15(17)14-32(27)29(36)23-13-20-21(30-23)8-5-9-26(20)37-2/h5,8-9,13,15-19,22,27,30H,3-4,6-7,10-12,14H2,1-2H3,(H,31,35)/t15-,16-,17-,18-,19+,22-,27-/m0/s1. The minimum atomic E-state index is -0.680. The molecule has 3 aliphatic carbocycles. The number of ketones is 2. The molecule has 2 N–H and O–H groups in total. The summed E-state index contributed by atoms with van der Waals surface area (Å²) in [6.07, 6.45) is 5.29. The number of fused-ring (bicyclic) bond motifs is 3. The number of carbonyl (C=O) groups is 4. The molecule has 1 aromatic carbocycles. The highest BCUT2D eigenvalue weighted by atomic mass is 16.5. The number of rotatable bonds is 8. The zero-order valence-corrected chi connectivity index (χ0v) is 21.5. The number of nitrogens with one attached hydrogen (secondary N) is 2. The van der Waals surface area contributed by atoms with Crippen molar-refractivity contribution in [3.05, 3.63) is 30.0 Å². The molecule has 8 heteroatoms. The van der Waals surface area contributed by atoms with Crippen LogP contribution in [0.2, 0.25) is 0 Å². The van der Waals surface area contributed by atoms with Gasteiger partial charge < -0.3 is 19.9 Å². The predicted octanol–water partition coefficient (Wildman–Crippen LogP) is 3.50. The van der Waals surface area contributed by atoms with Crippen LogP contribution >= 0.6 is 0 Å². The average Bonchev–Trinajstić information content (AvgIpc) is 3.26. The Morgan fingerprint density at radius 3 is 2.76 bits per heavy atom. The van der Waals surface area contributed by atoms with Gasteiger partial charge >= 0.3 is 0 Å². The van der Waals surface area contributed by atoms with E-state index in [4.69, 9.17) is 4.74 Å². The molecule has 2 aromatic rings. The van der Waals surface area contributed by atoms with Crippen molar-refractivity contribution < 1.29 is 23.9 Å². The van der Waals surface area contributed by atoms with Gasteiger partial charge in [-0.1, -0.05) is 19.4 Å². The molecule has 4 aliphatic rings. The van der Waals surface area contributed by atoms with Crippen molar-refractivity contribution in [3.63, 3.8) is 0 Å². The summed E-state index contributed by atoms with van der Waals surface area (Å²) in [4.78, 5) is 57.9. The monoisotopic (exact) mass is 505 g/mol. The van der Waals surface area contributed by atoms with Crippen LogP contribution in [0.15, 0.2) is 24.3 Å². The smallest absolute Gasteiger partial charge is 0.271 e. The van der Waals surface area contributed by atoms with E-state index in [9.17, 15) is 19.2 Å². The van der Waals surface area contributed by atoms with E-state index in [-0.39, 0.29) is 41.1 Å². The number of ether oxygens (including phenoxy) is 1. The summed E-state index contributed by atoms with van der Waals surface area (Å²) in [5, 5.41) is 3.85. The summed E-state index contributed by atoms with van der Waals surface area (Å²) >= 11 is 0. The summed E-state index contributed by atoms with van der Waals surface area (Å²) in [5.41, 5.74) is 1.23. The minimum absolute atomic E-state index is 0.0493. The average molecular weight is 506 g/mol. The van der Waals surface area contributed by atoms with E-state index in [1.54, 1.807) is 25.0 Å². The van der Waals surface area contributed by atoms with Gasteiger partial charge in [-0.05, 0) is 67.6 Å². The molecule has 4 fully saturated rings. The first-order chi connectivity index (χ1) is 17.9. The number of benzene rings is 1. The maximum Gasteiger partial charge on any atom is 0.271 e. The number of methoxy groups -OCH3 is 1. The summed E-state index contributed by atoms with van der Waals surface area (Å²) < 4.78 is 5.45. The van der Waals surface area contributed by atoms with Gasteiger partial charge in [0.05, 0.1) is 13.2 Å². The van der Waals surface area contributed by atoms with Crippen LogP contribution in [-0.4, -0.2) is 59.0 Å². The molecule has 7 atom stereocenters. The quantitative estimate of drug-likeness (QED) is 0.571. The second kappa shape index (κ2) is 9.30. The van der Waals surface area contributed by atoms with Crippen molar-refractivity contribution in [3.8, 4) is 5.75 Å². The van der Waals surface area contributed by atoms with E-state index < -0.39 is 12.1 Å². The first kappa shape index (κ1) is 24.2. The molecule has 3 saturated carbocycles. The van der Waals surface area contributed by atoms with Gasteiger partial charge in [0.2, 0.25) is 5.91 Å². The zero-order chi connectivity index (χ0) is 25.8. The Morgan fingerprint density at radius 1 is 1.19 bits per heavy atom. The number of likely N-dealkylation sites (tertiary alicyclic amines) is 1. The predicted molar refractivity (Wildman–Crippen MR) is 137 cm³/mol. The van der Waals surface area contributed by atoms with Gasteiger partial charge in [-0.25, -0.2) is 0 Å². The Kier molecular flexibility index (Phi) is 6.08. The lowest BCUT2D eigenvalue weighted by molar-refractivity contribution is -0.132. The van der Waals surface area contributed by atoms with Gasteiger partial charge in [-0.2, -0.15) is 0 Å². The molecule has 6 rings (SSSR count). The number of hydrogen-bond acceptors (Lipinski definition) is 5. The highest BCUT2D eigenvalue weighted by molar-refractivity contribution is 6.02. The molecular weight excluding hydrogens is 470 g/mol. The summed E-state index contributed by atoms with van der Waals surface area (Å²) in [5.74, 6) is 1.47. The third-order valence-electron chi connectivity index (χ3n) is 9.41. The number of amides is 2. The SMILES string of the molecule is CCC(=O)[C@H](C[C@H]1C(=O)C[C@@H]2C[C@@H]21)NC(=O)[C@@H]1[C@H]2CCC[C@H]2CN1C(=O)c1cc2c(OC)cccc2[nH]1. The molecular formula is C29H35N3O5. The summed E-state index contributed by atoms with van der Waals surface area (Å²) in [6, 6.07) is 6.11. The zero-order valence-electron chi connectivity index (χ0n) is 21.5. The first-order valence-electron chi connectivity index (χ1n) is 13.7. The number of carbonyl (C=O) groups excluding carboxylic acids is 4. The molecule has 1 saturated heterocycles. The van der Waals surface area contributed by atoms with Gasteiger partial charge in [-0.15, -0.1) is 0 Å². The van der Waals surface area contributed by atoms with Crippen molar-refractivity contribution in [1.82, 2.24) is 15.2 Å². The van der Waals surface area contributed by atoms with Crippen molar-refractivity contribution in [2.75, 3.05) is 13.7 Å². The molecule has 37 heavy (non-hydrogen) atoms. The normalized spacial score (nSPS) is 30.8. The highest BCUT2D eigenvalue weighted by Gasteiger charge is 2.54. The Morgan fingerprint density at radius 2 is 2.03 bits per heavy atom. The van der Waals surface area contributed by atoms with Gasteiger partial charge in [0, 0.05) is 36.2 Å². The van der Waals surface area contributed by atoms with Crippen molar-refractivity contribution in [2.24, 2.45) is 29.6 Å². The van der Waals surface area contributed by atoms with Crippen LogP contribution in [0.3, 0.4) is 0 Å². The maximum atomic E-state index is 13.8. The highest BCUT2D eigenvalue weighted by Crippen LogP contribution is 2.55. The third-order valence-corrected chi connectivity index (χ3v) is 9.41. The number of H-pyrrole nitrogens is 1. The van der Waals surface area contributed by atoms with E-state index >= 15 is 0 Å². The van der Waals surface area contributed by atoms with Gasteiger partial charge in [0.15, 0.2) is 5.78 Å². The molecule has 8 nitrogen and oxygen atoms in total. The largest absolute Gasteiger partial charge is 0.496 e. The topological polar surface area (TPSA) is 109 Å². The molecule has 0 bridgehead atoms. The van der Waals surface area contributed by atoms with Crippen LogP contribution in [-0.2, 0) is 14.4 Å². The number of aromatic amines is 1. The Labute approximate surface area is 216 Å². The van der Waals surface area contributed by atoms with Gasteiger partial charge in [0.25, 0.3) is 5.91 Å². The van der Waals surface area contributed by atoms with Crippen LogP contribution < -0.4 is 10.1 Å². The molecule has 0 unspecified atom stereocenters. The second-order valence-electron chi connectivity index (χ2n) is 11.4. The van der Waals surface area contributed by atoms with Crippen LogP contribution in [0, 0.1) is 29.6 Å². The van der Waals surface area contributed by atoms with Crippen LogP contribution in [0.4, 0.5) is 0 Å². The molecule has 0 radical (unpaired) electrons. The lowest BCUT2D eigenvalue weighted by atomic mass is 9.90. The maximum absolute atomic E-state index is 13.8. The second-order valence-corrected chi connectivity index (χ2v) is 11.4. The first-order valence-corrected chi connectivity index (χ1v) is 13.7. The molecule has 196 valence electrons. The van der Waals surface area contributed by atoms with Crippen LogP contribution in [0.5, 0.6) is 5.75 Å². The van der Waals surface area contributed by atoms with E-state index in [2.05, 4.69) is 10.3 Å². The fraction of sp³-hybridized carbons (Fsp3) is 0.586. The van der Waals surface area contributed by atoms with E-state index in [1.165, 1.54) is 0 Å². The van der Waals surface area contributed by atoms with Gasteiger partial charge in [-0.3, -0.25) is 19.2 Å². The van der Waals surface area contributed by atoms with Crippen molar-refractivity contribution in [1.29, 1.82) is 0 Å². The Bertz CT molecular complexity index is 1270. The van der Waals surface area contributed by atoms with Crippen molar-refractivity contribution in [2.45, 2.75) is 64.0 Å². The fourth-order valence-electron chi connectivity index (χ4n) is 7.41. The lowest BCUT2D eigenvalue weighted by Gasteiger charge is -2.29. The molecule has 2 amide bonds. The van der Waals surface area contributed by atoms with E-state index in [0.29, 0.717) is 49.1 Å². The minimum Gasteiger partial charge on any atom is -0.496 e. The number of hydrogen-bond donors (Lipinski definition) is 2. The van der Waals surface area contributed by atoms with E-state index in [0.717, 1.165) is 36.6 Å². The molecule has 1 aromatic heterocycles. The lowest BCUT2D eigenvalue weighted by Crippen LogP contribution is -2.53. The van der Waals surface area contributed by atoms with Crippen LogP contribution in [0.25, 0.3) is 10.9 Å². The number of Topliss-reactive ketones (excluding diaryl/α,β-unsaturated/α-hetero) is 2. The summed E-state index contributed by atoms with van der Waals surface area (Å²) in [7, 11) is 1.60. The molecule has 2 heterocycles. The van der Waals surface area contributed by atoms with Crippen molar-refractivity contribution >= 4 is 34.3 Å². The molecule has 1 aliphatic heterocycles. The fourth-order valence-corrected chi connectivity index (χ4v) is 7.41. The molecule has 0 spiro atoms. The number of aromatic nitrogens is 1. The van der Waals surface area contributed by atoms with E-state index in [1.807, 2.05) is 18.2 Å². The number of nitrogens with zero attached hydrogens (tertiary/aromatic N) is 1. The van der Waals surface area contributed by atoms with Crippen LogP contribution in [0.1, 0.15) is 62.4 Å².